The molecule has 3 fully saturated rings. The summed E-state index contributed by atoms with van der Waals surface area (Å²) < 4.78 is 5.12. The first-order valence-corrected chi connectivity index (χ1v) is 5.96. The molecule has 0 radical (unpaired) electrons. The third kappa shape index (κ3) is 1.14. The maximum absolute atomic E-state index is 12.0. The molecule has 2 bridgehead atoms. The summed E-state index contributed by atoms with van der Waals surface area (Å²) in [5.74, 6) is 1.44. The zero-order chi connectivity index (χ0) is 11.4. The van der Waals surface area contributed by atoms with Crippen molar-refractivity contribution in [2.24, 2.45) is 29.6 Å². The Balaban J connectivity index is 1.84. The van der Waals surface area contributed by atoms with Crippen molar-refractivity contribution in [1.29, 1.82) is 0 Å². The maximum atomic E-state index is 12.0. The van der Waals surface area contributed by atoms with Crippen LogP contribution in [0.3, 0.4) is 0 Å². The Labute approximate surface area is 94.8 Å². The molecule has 3 nitrogen and oxygen atoms in total. The van der Waals surface area contributed by atoms with Gasteiger partial charge in [-0.25, -0.2) is 0 Å². The summed E-state index contributed by atoms with van der Waals surface area (Å²) in [4.78, 5) is 23.5. The Kier molecular flexibility index (Phi) is 2.00. The van der Waals surface area contributed by atoms with Gasteiger partial charge in [-0.3, -0.25) is 9.59 Å². The van der Waals surface area contributed by atoms with Crippen LogP contribution in [0.2, 0.25) is 0 Å². The minimum atomic E-state index is -0.0290. The van der Waals surface area contributed by atoms with Crippen molar-refractivity contribution < 1.29 is 14.3 Å². The van der Waals surface area contributed by atoms with Crippen molar-refractivity contribution in [2.75, 3.05) is 6.61 Å². The van der Waals surface area contributed by atoms with Crippen molar-refractivity contribution in [3.8, 4) is 0 Å². The predicted octanol–water partition coefficient (Wildman–Crippen LogP) is 1.58. The van der Waals surface area contributed by atoms with Crippen LogP contribution in [0.4, 0.5) is 0 Å². The van der Waals surface area contributed by atoms with Gasteiger partial charge in [0.05, 0.1) is 12.5 Å². The molecule has 2 aliphatic carbocycles. The molecule has 0 aromatic heterocycles. The average molecular weight is 220 g/mol. The van der Waals surface area contributed by atoms with Crippen molar-refractivity contribution >= 4 is 11.8 Å². The van der Waals surface area contributed by atoms with Crippen molar-refractivity contribution in [2.45, 2.75) is 19.8 Å². The van der Waals surface area contributed by atoms with Crippen LogP contribution in [0.25, 0.3) is 0 Å². The summed E-state index contributed by atoms with van der Waals surface area (Å²) in [6.45, 7) is 6.05. The van der Waals surface area contributed by atoms with Crippen molar-refractivity contribution in [3.63, 3.8) is 0 Å². The molecule has 3 aliphatic rings. The monoisotopic (exact) mass is 220 g/mol. The van der Waals surface area contributed by atoms with E-state index >= 15 is 0 Å². The third-order valence-corrected chi connectivity index (χ3v) is 4.62. The molecule has 1 aliphatic heterocycles. The number of ketones is 1. The second kappa shape index (κ2) is 3.19. The number of carbonyl (C=O) groups is 2. The predicted molar refractivity (Wildman–Crippen MR) is 57.5 cm³/mol. The summed E-state index contributed by atoms with van der Waals surface area (Å²) in [6.07, 6.45) is 1.90. The minimum Gasteiger partial charge on any atom is -0.465 e. The first-order chi connectivity index (χ1) is 7.59. The van der Waals surface area contributed by atoms with E-state index in [0.29, 0.717) is 29.9 Å². The van der Waals surface area contributed by atoms with E-state index in [4.69, 9.17) is 4.74 Å². The lowest BCUT2D eigenvalue weighted by Gasteiger charge is -2.27. The van der Waals surface area contributed by atoms with Gasteiger partial charge in [0.2, 0.25) is 0 Å². The van der Waals surface area contributed by atoms with Gasteiger partial charge >= 0.3 is 5.97 Å². The fraction of sp³-hybridized carbons (Fsp3) is 0.692. The van der Waals surface area contributed by atoms with Crippen LogP contribution in [0.15, 0.2) is 12.2 Å². The summed E-state index contributed by atoms with van der Waals surface area (Å²) in [5.41, 5.74) is 0.652. The smallest absolute Gasteiger partial charge is 0.309 e. The van der Waals surface area contributed by atoms with Crippen LogP contribution in [0.1, 0.15) is 19.8 Å². The maximum Gasteiger partial charge on any atom is 0.309 e. The van der Waals surface area contributed by atoms with E-state index in [2.05, 4.69) is 6.58 Å². The number of ether oxygens (including phenoxy) is 1. The number of esters is 1. The quantitative estimate of drug-likeness (QED) is 0.524. The highest BCUT2D eigenvalue weighted by atomic mass is 16.5. The van der Waals surface area contributed by atoms with E-state index in [9.17, 15) is 9.59 Å². The van der Waals surface area contributed by atoms with Crippen LogP contribution < -0.4 is 0 Å². The second-order valence-electron chi connectivity index (χ2n) is 5.47. The van der Waals surface area contributed by atoms with Crippen LogP contribution in [0.5, 0.6) is 0 Å². The van der Waals surface area contributed by atoms with Gasteiger partial charge in [0.15, 0.2) is 5.78 Å². The summed E-state index contributed by atoms with van der Waals surface area (Å²) in [6, 6.07) is 0. The van der Waals surface area contributed by atoms with Crippen LogP contribution >= 0.6 is 0 Å². The van der Waals surface area contributed by atoms with E-state index in [-0.39, 0.29) is 23.6 Å². The summed E-state index contributed by atoms with van der Waals surface area (Å²) >= 11 is 0. The molecule has 3 heteroatoms. The number of fused-ring (bicyclic) bond motifs is 5. The standard InChI is InChI=1S/C13H16O3/c1-6(2)12(14)9-4-7-3-8(9)10-5-16-13(15)11(7)10/h7-11H,1,3-5H2,2H3. The molecule has 2 saturated carbocycles. The molecule has 5 unspecified atom stereocenters. The largest absolute Gasteiger partial charge is 0.465 e. The average Bonchev–Trinajstić information content (AvgIpc) is 2.88. The molecule has 16 heavy (non-hydrogen) atoms. The zero-order valence-corrected chi connectivity index (χ0v) is 9.44. The van der Waals surface area contributed by atoms with E-state index in [1.165, 1.54) is 0 Å². The number of hydrogen-bond acceptors (Lipinski definition) is 3. The fourth-order valence-electron chi connectivity index (χ4n) is 3.98. The van der Waals surface area contributed by atoms with E-state index in [1.807, 2.05) is 0 Å². The Morgan fingerprint density at radius 1 is 1.38 bits per heavy atom. The minimum absolute atomic E-state index is 0.0290. The van der Waals surface area contributed by atoms with Gasteiger partial charge in [0.25, 0.3) is 0 Å². The van der Waals surface area contributed by atoms with Crippen LogP contribution in [0, 0.1) is 29.6 Å². The molecule has 86 valence electrons. The highest BCUT2D eigenvalue weighted by Crippen LogP contribution is 2.58. The number of hydrogen-bond donors (Lipinski definition) is 0. The van der Waals surface area contributed by atoms with Crippen LogP contribution in [-0.2, 0) is 14.3 Å². The van der Waals surface area contributed by atoms with E-state index < -0.39 is 0 Å². The Bertz CT molecular complexity index is 385. The lowest BCUT2D eigenvalue weighted by atomic mass is 9.73. The van der Waals surface area contributed by atoms with E-state index in [1.54, 1.807) is 6.92 Å². The van der Waals surface area contributed by atoms with E-state index in [0.717, 1.165) is 12.8 Å². The molecule has 0 spiro atoms. The van der Waals surface area contributed by atoms with Gasteiger partial charge in [-0.05, 0) is 37.2 Å². The van der Waals surface area contributed by atoms with Gasteiger partial charge in [0, 0.05) is 11.8 Å². The molecule has 0 N–H and O–H groups in total. The third-order valence-electron chi connectivity index (χ3n) is 4.62. The summed E-state index contributed by atoms with van der Waals surface area (Å²) in [5, 5.41) is 0. The molecular formula is C13H16O3. The molecule has 1 saturated heterocycles. The Hall–Kier alpha value is -1.12. The van der Waals surface area contributed by atoms with Gasteiger partial charge < -0.3 is 4.74 Å². The summed E-state index contributed by atoms with van der Waals surface area (Å²) in [7, 11) is 0. The van der Waals surface area contributed by atoms with Crippen LogP contribution in [-0.4, -0.2) is 18.4 Å². The zero-order valence-electron chi connectivity index (χ0n) is 9.44. The lowest BCUT2D eigenvalue weighted by Crippen LogP contribution is -2.32. The van der Waals surface area contributed by atoms with Gasteiger partial charge in [-0.15, -0.1) is 0 Å². The highest BCUT2D eigenvalue weighted by Gasteiger charge is 2.60. The topological polar surface area (TPSA) is 43.4 Å². The molecule has 0 aromatic carbocycles. The molecular weight excluding hydrogens is 204 g/mol. The van der Waals surface area contributed by atoms with Gasteiger partial charge in [0.1, 0.15) is 0 Å². The van der Waals surface area contributed by atoms with Gasteiger partial charge in [-0.1, -0.05) is 6.58 Å². The molecule has 5 atom stereocenters. The molecule has 1 heterocycles. The Morgan fingerprint density at radius 2 is 2.12 bits per heavy atom. The highest BCUT2D eigenvalue weighted by molar-refractivity contribution is 5.96. The number of rotatable bonds is 2. The first-order valence-electron chi connectivity index (χ1n) is 5.96. The SMILES string of the molecule is C=C(C)C(=O)C1CC2CC1C1COC(=O)C21. The Morgan fingerprint density at radius 3 is 2.81 bits per heavy atom. The molecule has 0 amide bonds. The molecule has 0 aromatic rings. The normalized spacial score (nSPS) is 44.3. The second-order valence-corrected chi connectivity index (χ2v) is 5.47. The van der Waals surface area contributed by atoms with Crippen molar-refractivity contribution in [3.05, 3.63) is 12.2 Å². The fourth-order valence-corrected chi connectivity index (χ4v) is 3.98. The first kappa shape index (κ1) is 10.1. The number of allylic oxidation sites excluding steroid dienone is 1. The molecule has 3 rings (SSSR count). The van der Waals surface area contributed by atoms with Gasteiger partial charge in [-0.2, -0.15) is 0 Å². The number of cyclic esters (lactones) is 1. The number of carbonyl (C=O) groups excluding carboxylic acids is 2. The van der Waals surface area contributed by atoms with Crippen molar-refractivity contribution in [1.82, 2.24) is 0 Å². The lowest BCUT2D eigenvalue weighted by molar-refractivity contribution is -0.142. The number of Topliss-reactive ketones (excluding diaryl/α,β-unsaturated/α-hetero) is 1.